The molecule has 0 unspecified atom stereocenters. The molecule has 0 fully saturated rings. The Labute approximate surface area is 81.4 Å². The van der Waals surface area contributed by atoms with E-state index < -0.39 is 5.97 Å². The fourth-order valence-electron chi connectivity index (χ4n) is 0.635. The van der Waals surface area contributed by atoms with E-state index in [0.29, 0.717) is 0 Å². The predicted molar refractivity (Wildman–Crippen MR) is 44.2 cm³/mol. The van der Waals surface area contributed by atoms with Crippen LogP contribution in [0.25, 0.3) is 0 Å². The Morgan fingerprint density at radius 1 is 1.36 bits per heavy atom. The van der Waals surface area contributed by atoms with E-state index in [1.807, 2.05) is 0 Å². The van der Waals surface area contributed by atoms with Gasteiger partial charge >= 0.3 is 5.97 Å². The van der Waals surface area contributed by atoms with Gasteiger partial charge in [0.15, 0.2) is 0 Å². The van der Waals surface area contributed by atoms with Crippen LogP contribution >= 0.6 is 11.6 Å². The summed E-state index contributed by atoms with van der Waals surface area (Å²) in [4.78, 5) is 10.3. The van der Waals surface area contributed by atoms with Crippen LogP contribution in [0.4, 0.5) is 0 Å². The number of benzene rings is 1. The number of aromatic carboxylic acids is 1. The van der Waals surface area contributed by atoms with Crippen molar-refractivity contribution in [3.05, 3.63) is 34.9 Å². The van der Waals surface area contributed by atoms with Crippen LogP contribution < -0.4 is 0 Å². The second-order valence-corrected chi connectivity index (χ2v) is 2.19. The molecule has 1 radical (unpaired) electrons. The van der Waals surface area contributed by atoms with Gasteiger partial charge in [-0.3, -0.25) is 0 Å². The molecule has 1 N–H and O–H groups in total. The summed E-state index contributed by atoms with van der Waals surface area (Å²) in [6.45, 7) is 0. The first-order valence-corrected chi connectivity index (χ1v) is 3.07. The minimum absolute atomic E-state index is 0. The summed E-state index contributed by atoms with van der Waals surface area (Å²) < 4.78 is 0. The van der Waals surface area contributed by atoms with Gasteiger partial charge in [-0.05, 0) is 12.1 Å². The van der Waals surface area contributed by atoms with Crippen molar-refractivity contribution in [3.63, 3.8) is 0 Å². The van der Waals surface area contributed by atoms with Gasteiger partial charge in [-0.25, -0.2) is 4.79 Å². The van der Waals surface area contributed by atoms with Crippen molar-refractivity contribution in [3.8, 4) is 0 Å². The molecule has 0 spiro atoms. The standard InChI is InChI=1S/C7H5ClO2.Li/c8-6-4-2-1-3-5(6)7(9)10;/h1-4H,(H,9,10);. The van der Waals surface area contributed by atoms with E-state index in [0.717, 1.165) is 0 Å². The van der Waals surface area contributed by atoms with Crippen LogP contribution in [0.5, 0.6) is 0 Å². The first kappa shape index (κ1) is 10.6. The van der Waals surface area contributed by atoms with Crippen LogP contribution in [-0.2, 0) is 0 Å². The predicted octanol–water partition coefficient (Wildman–Crippen LogP) is 1.66. The first-order chi connectivity index (χ1) is 4.72. The van der Waals surface area contributed by atoms with Gasteiger partial charge in [0.05, 0.1) is 10.6 Å². The van der Waals surface area contributed by atoms with Crippen molar-refractivity contribution < 1.29 is 9.90 Å². The number of carbonyl (C=O) groups is 1. The van der Waals surface area contributed by atoms with E-state index >= 15 is 0 Å². The third-order valence-electron chi connectivity index (χ3n) is 1.10. The molecule has 0 bridgehead atoms. The van der Waals surface area contributed by atoms with Crippen molar-refractivity contribution in [1.82, 2.24) is 0 Å². The molecular formula is C7H5ClLiO2. The van der Waals surface area contributed by atoms with Gasteiger partial charge in [0.1, 0.15) is 0 Å². The van der Waals surface area contributed by atoms with E-state index in [2.05, 4.69) is 0 Å². The van der Waals surface area contributed by atoms with Crippen LogP contribution in [0.1, 0.15) is 10.4 Å². The number of carboxylic acids is 1. The zero-order chi connectivity index (χ0) is 7.56. The van der Waals surface area contributed by atoms with Gasteiger partial charge in [0.25, 0.3) is 0 Å². The molecule has 0 amide bonds. The van der Waals surface area contributed by atoms with Gasteiger partial charge in [-0.2, -0.15) is 0 Å². The van der Waals surface area contributed by atoms with Crippen LogP contribution in [-0.4, -0.2) is 29.9 Å². The largest absolute Gasteiger partial charge is 0.478 e. The molecule has 11 heavy (non-hydrogen) atoms. The average molecular weight is 164 g/mol. The quantitative estimate of drug-likeness (QED) is 0.640. The van der Waals surface area contributed by atoms with E-state index in [9.17, 15) is 4.79 Å². The maximum Gasteiger partial charge on any atom is 0.337 e. The minimum Gasteiger partial charge on any atom is -0.478 e. The van der Waals surface area contributed by atoms with Crippen LogP contribution in [0, 0.1) is 0 Å². The number of hydrogen-bond acceptors (Lipinski definition) is 1. The van der Waals surface area contributed by atoms with Crippen molar-refractivity contribution in [2.24, 2.45) is 0 Å². The number of hydrogen-bond donors (Lipinski definition) is 1. The van der Waals surface area contributed by atoms with Gasteiger partial charge < -0.3 is 5.11 Å². The number of carboxylic acid groups (broad SMARTS) is 1. The fourth-order valence-corrected chi connectivity index (χ4v) is 0.851. The molecule has 53 valence electrons. The number of halogens is 1. The third kappa shape index (κ3) is 2.59. The first-order valence-electron chi connectivity index (χ1n) is 2.69. The van der Waals surface area contributed by atoms with Crippen molar-refractivity contribution in [2.45, 2.75) is 0 Å². The second kappa shape index (κ2) is 4.45. The zero-order valence-electron chi connectivity index (χ0n) is 6.04. The summed E-state index contributed by atoms with van der Waals surface area (Å²) in [5, 5.41) is 8.75. The van der Waals surface area contributed by atoms with Crippen LogP contribution in [0.2, 0.25) is 5.02 Å². The molecule has 4 heteroatoms. The summed E-state index contributed by atoms with van der Waals surface area (Å²) >= 11 is 5.54. The molecule has 0 saturated carbocycles. The maximum atomic E-state index is 10.3. The molecule has 0 saturated heterocycles. The van der Waals surface area contributed by atoms with Crippen LogP contribution in [0.3, 0.4) is 0 Å². The molecule has 1 aromatic rings. The SMILES string of the molecule is O=C(O)c1ccccc1Cl.[Li]. The molecule has 0 aliphatic heterocycles. The average Bonchev–Trinajstić information content (AvgIpc) is 1.88. The topological polar surface area (TPSA) is 37.3 Å². The zero-order valence-corrected chi connectivity index (χ0v) is 6.80. The monoisotopic (exact) mass is 163 g/mol. The van der Waals surface area contributed by atoms with Crippen molar-refractivity contribution in [2.75, 3.05) is 0 Å². The van der Waals surface area contributed by atoms with Gasteiger partial charge in [0, 0.05) is 18.9 Å². The molecule has 0 atom stereocenters. The van der Waals surface area contributed by atoms with Gasteiger partial charge in [0.2, 0.25) is 0 Å². The van der Waals surface area contributed by atoms with Gasteiger partial charge in [-0.1, -0.05) is 23.7 Å². The summed E-state index contributed by atoms with van der Waals surface area (Å²) in [5.74, 6) is -0.995. The summed E-state index contributed by atoms with van der Waals surface area (Å²) in [6.07, 6.45) is 0. The summed E-state index contributed by atoms with van der Waals surface area (Å²) in [6, 6.07) is 6.33. The molecular weight excluding hydrogens is 158 g/mol. The Hall–Kier alpha value is -0.423. The molecule has 0 heterocycles. The molecule has 0 aromatic heterocycles. The fraction of sp³-hybridized carbons (Fsp3) is 0. The van der Waals surface area contributed by atoms with Crippen LogP contribution in [0.15, 0.2) is 24.3 Å². The van der Waals surface area contributed by atoms with Gasteiger partial charge in [-0.15, -0.1) is 0 Å². The van der Waals surface area contributed by atoms with E-state index in [4.69, 9.17) is 16.7 Å². The second-order valence-electron chi connectivity index (χ2n) is 1.78. The summed E-state index contributed by atoms with van der Waals surface area (Å²) in [5.41, 5.74) is 0.143. The summed E-state index contributed by atoms with van der Waals surface area (Å²) in [7, 11) is 0. The molecule has 2 nitrogen and oxygen atoms in total. The van der Waals surface area contributed by atoms with Crippen molar-refractivity contribution in [1.29, 1.82) is 0 Å². The Kier molecular flexibility index (Phi) is 4.28. The molecule has 0 aliphatic rings. The van der Waals surface area contributed by atoms with E-state index in [1.165, 1.54) is 6.07 Å². The Morgan fingerprint density at radius 3 is 2.27 bits per heavy atom. The molecule has 0 aliphatic carbocycles. The smallest absolute Gasteiger partial charge is 0.337 e. The minimum atomic E-state index is -0.995. The Bertz CT molecular complexity index is 262. The van der Waals surface area contributed by atoms with E-state index in [-0.39, 0.29) is 29.4 Å². The molecule has 1 aromatic carbocycles. The van der Waals surface area contributed by atoms with Crippen molar-refractivity contribution >= 4 is 36.4 Å². The Balaban J connectivity index is 0.000001000. The molecule has 1 rings (SSSR count). The Morgan fingerprint density at radius 2 is 1.91 bits per heavy atom. The van der Waals surface area contributed by atoms with E-state index in [1.54, 1.807) is 18.2 Å². The number of rotatable bonds is 1. The third-order valence-corrected chi connectivity index (χ3v) is 1.43. The maximum absolute atomic E-state index is 10.3. The normalized spacial score (nSPS) is 8.45.